The number of aryl methyl sites for hydroxylation is 1. The SMILES string of the molecule is Cc1ccc(CNc2ccc(F)cc2Cl)c(Cl)c1. The molecular formula is C14H12Cl2FN. The molecule has 0 saturated heterocycles. The molecule has 0 bridgehead atoms. The van der Waals surface area contributed by atoms with Crippen LogP contribution in [-0.2, 0) is 6.54 Å². The van der Waals surface area contributed by atoms with Gasteiger partial charge in [-0.1, -0.05) is 35.3 Å². The molecule has 2 rings (SSSR count). The minimum absolute atomic E-state index is 0.348. The van der Waals surface area contributed by atoms with Crippen LogP contribution in [0, 0.1) is 12.7 Å². The monoisotopic (exact) mass is 283 g/mol. The molecule has 0 aliphatic rings. The van der Waals surface area contributed by atoms with Crippen LogP contribution < -0.4 is 5.32 Å². The van der Waals surface area contributed by atoms with Crippen molar-refractivity contribution in [1.82, 2.24) is 0 Å². The topological polar surface area (TPSA) is 12.0 Å². The molecule has 2 aromatic carbocycles. The molecule has 0 spiro atoms. The number of anilines is 1. The highest BCUT2D eigenvalue weighted by Gasteiger charge is 2.04. The van der Waals surface area contributed by atoms with E-state index in [1.807, 2.05) is 25.1 Å². The quantitative estimate of drug-likeness (QED) is 0.831. The normalized spacial score (nSPS) is 10.4. The van der Waals surface area contributed by atoms with E-state index in [2.05, 4.69) is 5.32 Å². The summed E-state index contributed by atoms with van der Waals surface area (Å²) in [6, 6.07) is 10.1. The van der Waals surface area contributed by atoms with Crippen LogP contribution in [0.4, 0.5) is 10.1 Å². The maximum absolute atomic E-state index is 12.9. The summed E-state index contributed by atoms with van der Waals surface area (Å²) < 4.78 is 12.9. The standard InChI is InChI=1S/C14H12Cl2FN/c1-9-2-3-10(12(15)6-9)8-18-14-5-4-11(17)7-13(14)16/h2-7,18H,8H2,1H3. The summed E-state index contributed by atoms with van der Waals surface area (Å²) in [6.07, 6.45) is 0. The lowest BCUT2D eigenvalue weighted by atomic mass is 10.1. The van der Waals surface area contributed by atoms with Crippen molar-refractivity contribution in [3.05, 3.63) is 63.4 Å². The zero-order valence-corrected chi connectivity index (χ0v) is 11.3. The fourth-order valence-corrected chi connectivity index (χ4v) is 2.15. The molecule has 0 aliphatic carbocycles. The Balaban J connectivity index is 2.11. The second kappa shape index (κ2) is 5.59. The summed E-state index contributed by atoms with van der Waals surface area (Å²) in [4.78, 5) is 0. The molecule has 0 unspecified atom stereocenters. The van der Waals surface area contributed by atoms with E-state index in [4.69, 9.17) is 23.2 Å². The maximum Gasteiger partial charge on any atom is 0.124 e. The highest BCUT2D eigenvalue weighted by molar-refractivity contribution is 6.33. The number of halogens is 3. The van der Waals surface area contributed by atoms with E-state index in [0.717, 1.165) is 11.1 Å². The third-order valence-electron chi connectivity index (χ3n) is 2.61. The summed E-state index contributed by atoms with van der Waals surface area (Å²) >= 11 is 12.1. The molecule has 1 N–H and O–H groups in total. The van der Waals surface area contributed by atoms with Gasteiger partial charge in [0.15, 0.2) is 0 Å². The molecule has 0 fully saturated rings. The van der Waals surface area contributed by atoms with Crippen LogP contribution in [0.1, 0.15) is 11.1 Å². The van der Waals surface area contributed by atoms with Crippen molar-refractivity contribution in [2.24, 2.45) is 0 Å². The van der Waals surface area contributed by atoms with E-state index in [9.17, 15) is 4.39 Å². The van der Waals surface area contributed by atoms with E-state index in [1.54, 1.807) is 6.07 Å². The van der Waals surface area contributed by atoms with E-state index in [1.165, 1.54) is 12.1 Å². The Morgan fingerprint density at radius 1 is 1.06 bits per heavy atom. The van der Waals surface area contributed by atoms with Crippen LogP contribution in [0.2, 0.25) is 10.0 Å². The largest absolute Gasteiger partial charge is 0.380 e. The van der Waals surface area contributed by atoms with E-state index >= 15 is 0 Å². The number of hydrogen-bond acceptors (Lipinski definition) is 1. The minimum Gasteiger partial charge on any atom is -0.380 e. The molecule has 94 valence electrons. The first-order valence-corrected chi connectivity index (χ1v) is 6.26. The number of hydrogen-bond donors (Lipinski definition) is 1. The lowest BCUT2D eigenvalue weighted by Gasteiger charge is -2.10. The molecule has 18 heavy (non-hydrogen) atoms. The molecule has 0 atom stereocenters. The molecule has 2 aromatic rings. The van der Waals surface area contributed by atoms with Crippen molar-refractivity contribution >= 4 is 28.9 Å². The average molecular weight is 284 g/mol. The van der Waals surface area contributed by atoms with Crippen LogP contribution in [0.15, 0.2) is 36.4 Å². The highest BCUT2D eigenvalue weighted by Crippen LogP contribution is 2.24. The van der Waals surface area contributed by atoms with Crippen molar-refractivity contribution in [3.63, 3.8) is 0 Å². The van der Waals surface area contributed by atoms with Crippen molar-refractivity contribution < 1.29 is 4.39 Å². The Morgan fingerprint density at radius 3 is 2.50 bits per heavy atom. The molecular weight excluding hydrogens is 272 g/mol. The van der Waals surface area contributed by atoms with Crippen molar-refractivity contribution in [2.45, 2.75) is 13.5 Å². The van der Waals surface area contributed by atoms with Gasteiger partial charge in [-0.3, -0.25) is 0 Å². The smallest absolute Gasteiger partial charge is 0.124 e. The van der Waals surface area contributed by atoms with Gasteiger partial charge in [0.05, 0.1) is 10.7 Å². The molecule has 4 heteroatoms. The third-order valence-corrected chi connectivity index (χ3v) is 3.27. The Kier molecular flexibility index (Phi) is 4.10. The summed E-state index contributed by atoms with van der Waals surface area (Å²) in [5.74, 6) is -0.348. The minimum atomic E-state index is -0.348. The van der Waals surface area contributed by atoms with E-state index in [0.29, 0.717) is 22.3 Å². The van der Waals surface area contributed by atoms with E-state index in [-0.39, 0.29) is 5.82 Å². The maximum atomic E-state index is 12.9. The fraction of sp³-hybridized carbons (Fsp3) is 0.143. The summed E-state index contributed by atoms with van der Waals surface area (Å²) in [7, 11) is 0. The second-order valence-corrected chi connectivity index (χ2v) is 4.89. The van der Waals surface area contributed by atoms with Crippen LogP contribution in [-0.4, -0.2) is 0 Å². The highest BCUT2D eigenvalue weighted by atomic mass is 35.5. The molecule has 0 radical (unpaired) electrons. The van der Waals surface area contributed by atoms with Crippen LogP contribution in [0.3, 0.4) is 0 Å². The van der Waals surface area contributed by atoms with Crippen LogP contribution >= 0.6 is 23.2 Å². The Hall–Kier alpha value is -1.25. The van der Waals surface area contributed by atoms with Gasteiger partial charge in [-0.2, -0.15) is 0 Å². The summed E-state index contributed by atoms with van der Waals surface area (Å²) in [6.45, 7) is 2.53. The van der Waals surface area contributed by atoms with E-state index < -0.39 is 0 Å². The molecule has 0 saturated carbocycles. The number of rotatable bonds is 3. The van der Waals surface area contributed by atoms with Crippen LogP contribution in [0.25, 0.3) is 0 Å². The predicted octanol–water partition coefficient (Wildman–Crippen LogP) is 5.05. The first kappa shape index (κ1) is 13.2. The van der Waals surface area contributed by atoms with Gasteiger partial charge in [0, 0.05) is 11.6 Å². The van der Waals surface area contributed by atoms with Gasteiger partial charge in [-0.05, 0) is 42.3 Å². The summed E-state index contributed by atoms with van der Waals surface area (Å²) in [5, 5.41) is 4.20. The Bertz CT molecular complexity index is 518. The molecule has 0 heterocycles. The van der Waals surface area contributed by atoms with Crippen LogP contribution in [0.5, 0.6) is 0 Å². The molecule has 1 nitrogen and oxygen atoms in total. The second-order valence-electron chi connectivity index (χ2n) is 4.07. The van der Waals surface area contributed by atoms with Gasteiger partial charge >= 0.3 is 0 Å². The Morgan fingerprint density at radius 2 is 1.83 bits per heavy atom. The fourth-order valence-electron chi connectivity index (χ4n) is 1.62. The average Bonchev–Trinajstić information content (AvgIpc) is 2.30. The van der Waals surface area contributed by atoms with Gasteiger partial charge in [-0.25, -0.2) is 4.39 Å². The van der Waals surface area contributed by atoms with Gasteiger partial charge in [0.1, 0.15) is 5.82 Å². The first-order valence-electron chi connectivity index (χ1n) is 5.50. The van der Waals surface area contributed by atoms with Gasteiger partial charge < -0.3 is 5.32 Å². The van der Waals surface area contributed by atoms with Gasteiger partial charge in [-0.15, -0.1) is 0 Å². The third kappa shape index (κ3) is 3.15. The molecule has 0 aromatic heterocycles. The number of nitrogens with one attached hydrogen (secondary N) is 1. The number of benzene rings is 2. The van der Waals surface area contributed by atoms with Gasteiger partial charge in [0.2, 0.25) is 0 Å². The zero-order chi connectivity index (χ0) is 13.1. The predicted molar refractivity (Wildman–Crippen MR) is 74.9 cm³/mol. The lowest BCUT2D eigenvalue weighted by Crippen LogP contribution is -2.01. The molecule has 0 amide bonds. The zero-order valence-electron chi connectivity index (χ0n) is 9.81. The summed E-state index contributed by atoms with van der Waals surface area (Å²) in [5.41, 5.74) is 2.78. The van der Waals surface area contributed by atoms with Crippen molar-refractivity contribution in [1.29, 1.82) is 0 Å². The van der Waals surface area contributed by atoms with Crippen molar-refractivity contribution in [3.8, 4) is 0 Å². The lowest BCUT2D eigenvalue weighted by molar-refractivity contribution is 0.628. The molecule has 0 aliphatic heterocycles. The Labute approximate surface area is 116 Å². The first-order chi connectivity index (χ1) is 8.56. The van der Waals surface area contributed by atoms with Gasteiger partial charge in [0.25, 0.3) is 0 Å². The van der Waals surface area contributed by atoms with Crippen molar-refractivity contribution in [2.75, 3.05) is 5.32 Å².